The molecule has 0 saturated heterocycles. The highest BCUT2D eigenvalue weighted by molar-refractivity contribution is 7.99. The molecule has 0 atom stereocenters. The summed E-state index contributed by atoms with van der Waals surface area (Å²) in [6.45, 7) is 15.8. The van der Waals surface area contributed by atoms with Crippen LogP contribution in [0.1, 0.15) is 70.9 Å². The third-order valence-electron chi connectivity index (χ3n) is 11.0. The number of hydrogen-bond donors (Lipinski definition) is 2. The molecule has 0 amide bonds. The van der Waals surface area contributed by atoms with Crippen molar-refractivity contribution >= 4 is 134 Å². The van der Waals surface area contributed by atoms with Gasteiger partial charge in [0.2, 0.25) is 11.9 Å². The van der Waals surface area contributed by atoms with Gasteiger partial charge >= 0.3 is 0 Å². The summed E-state index contributed by atoms with van der Waals surface area (Å²) < 4.78 is 21.1. The van der Waals surface area contributed by atoms with E-state index in [1.807, 2.05) is 24.3 Å². The van der Waals surface area contributed by atoms with Crippen LogP contribution < -0.4 is 29.9 Å². The summed E-state index contributed by atoms with van der Waals surface area (Å²) in [4.78, 5) is 21.5. The van der Waals surface area contributed by atoms with Gasteiger partial charge in [0.1, 0.15) is 32.5 Å². The van der Waals surface area contributed by atoms with Crippen LogP contribution in [0.5, 0.6) is 11.5 Å². The monoisotopic (exact) mass is 941 g/mol. The fraction of sp³-hybridized carbons (Fsp3) is 0.419. The van der Waals surface area contributed by atoms with Crippen LogP contribution in [0.2, 0.25) is 0 Å². The first kappa shape index (κ1) is 44.6. The fourth-order valence-electron chi connectivity index (χ4n) is 7.64. The molecule has 5 aromatic heterocycles. The van der Waals surface area contributed by atoms with Gasteiger partial charge in [0.25, 0.3) is 0 Å². The van der Waals surface area contributed by atoms with Crippen molar-refractivity contribution in [2.45, 2.75) is 84.1 Å². The molecule has 0 unspecified atom stereocenters. The predicted octanol–water partition coefficient (Wildman–Crippen LogP) is 14.3. The Morgan fingerprint density at radius 2 is 1.11 bits per heavy atom. The van der Waals surface area contributed by atoms with E-state index in [4.69, 9.17) is 44.9 Å². The molecule has 0 bridgehead atoms. The summed E-state index contributed by atoms with van der Waals surface area (Å²) in [5.74, 6) is 2.08. The summed E-state index contributed by atoms with van der Waals surface area (Å²) in [7, 11) is 3.35. The van der Waals surface area contributed by atoms with Crippen LogP contribution in [0, 0.1) is 13.8 Å². The minimum atomic E-state index is 0.354. The third-order valence-corrected chi connectivity index (χ3v) is 15.9. The number of fused-ring (bicyclic) bond motifs is 2. The molecule has 330 valence electrons. The van der Waals surface area contributed by atoms with Gasteiger partial charge in [-0.3, -0.25) is 0 Å². The summed E-state index contributed by atoms with van der Waals surface area (Å²) in [6.07, 6.45) is 5.85. The number of ether oxygens (including phenoxy) is 2. The van der Waals surface area contributed by atoms with Gasteiger partial charge in [0, 0.05) is 43.6 Å². The molecule has 1 fully saturated rings. The summed E-state index contributed by atoms with van der Waals surface area (Å²) >= 11 is 7.60. The van der Waals surface area contributed by atoms with Gasteiger partial charge in [-0.1, -0.05) is 31.0 Å². The van der Waals surface area contributed by atoms with E-state index in [0.717, 1.165) is 92.0 Å². The second-order valence-electron chi connectivity index (χ2n) is 14.9. The van der Waals surface area contributed by atoms with Gasteiger partial charge in [-0.15, -0.1) is 43.1 Å². The predicted molar refractivity (Wildman–Crippen MR) is 265 cm³/mol. The number of aromatic nitrogens is 5. The van der Waals surface area contributed by atoms with Crippen molar-refractivity contribution in [1.29, 1.82) is 0 Å². The Bertz CT molecular complexity index is 2570. The van der Waals surface area contributed by atoms with Gasteiger partial charge in [-0.2, -0.15) is 23.7 Å². The normalized spacial score (nSPS) is 13.5. The van der Waals surface area contributed by atoms with Crippen LogP contribution in [0.15, 0.2) is 60.6 Å². The highest BCUT2D eigenvalue weighted by Gasteiger charge is 2.22. The molecule has 0 spiro atoms. The number of rotatable bonds is 18. The van der Waals surface area contributed by atoms with E-state index < -0.39 is 0 Å². The van der Waals surface area contributed by atoms with E-state index in [1.54, 1.807) is 48.7 Å². The van der Waals surface area contributed by atoms with Gasteiger partial charge in [-0.25, -0.2) is 0 Å². The van der Waals surface area contributed by atoms with Gasteiger partial charge in [-0.05, 0) is 111 Å². The van der Waals surface area contributed by atoms with Crippen molar-refractivity contribution in [2.75, 3.05) is 60.8 Å². The number of anilines is 6. The van der Waals surface area contributed by atoms with E-state index in [0.29, 0.717) is 56.6 Å². The molecule has 8 rings (SSSR count). The number of nitrogens with zero attached hydrogens (tertiary/aromatic N) is 11. The lowest BCUT2D eigenvalue weighted by atomic mass is 10.0. The molecule has 1 aliphatic carbocycles. The van der Waals surface area contributed by atoms with Gasteiger partial charge in [0.15, 0.2) is 15.2 Å². The molecule has 63 heavy (non-hydrogen) atoms. The van der Waals surface area contributed by atoms with Crippen LogP contribution in [-0.2, 0) is 0 Å². The molecule has 2 N–H and O–H groups in total. The smallest absolute Gasteiger partial charge is 0.233 e. The molecule has 1 saturated carbocycles. The van der Waals surface area contributed by atoms with Crippen LogP contribution in [0.4, 0.5) is 56.0 Å². The van der Waals surface area contributed by atoms with Crippen molar-refractivity contribution in [3.8, 4) is 11.5 Å². The number of thioether (sulfide) groups is 1. The third kappa shape index (κ3) is 9.74. The number of aryl methyl sites for hydroxylation is 2. The van der Waals surface area contributed by atoms with E-state index >= 15 is 0 Å². The largest absolute Gasteiger partial charge is 0.494 e. The minimum absolute atomic E-state index is 0.354. The zero-order chi connectivity index (χ0) is 44.0. The molecular weight excluding hydrogens is 891 g/mol. The standard InChI is InChI=1S/C43H51N13O2S5/c1-9-55(10-2)31-18-27(29(20-33(31)57-7)49-51-37-35-24(5)22-59-39(35)53-62-37)44-41-46-42(48-43(47-41)61-26-16-14-13-15-17-26)45-28-19-32(56(11-3)12-4)34(58-8)21-30(28)50-52-38-36-25(6)23-60-40(36)54-63-38/h18-23,26H,9-17H2,1-8H3,(H2,44,45,46,47,48). The summed E-state index contributed by atoms with van der Waals surface area (Å²) in [6, 6.07) is 7.89. The summed E-state index contributed by atoms with van der Waals surface area (Å²) in [5.41, 5.74) is 6.53. The molecule has 15 nitrogen and oxygen atoms in total. The van der Waals surface area contributed by atoms with Gasteiger partial charge in [0.05, 0.1) is 47.7 Å². The molecular formula is C43H51N13O2S5. The molecule has 20 heteroatoms. The SMILES string of the molecule is CCN(CC)c1cc(Nc2nc(Nc3cc(N(CC)CC)c(OC)cc3N=Nc3snc4scc(C)c34)nc(SC3CCCCC3)n2)c(N=Nc2snc3scc(C)c23)cc1OC. The van der Waals surface area contributed by atoms with Crippen LogP contribution in [0.3, 0.4) is 0 Å². The minimum Gasteiger partial charge on any atom is -0.494 e. The molecule has 0 aliphatic heterocycles. The Labute approximate surface area is 387 Å². The van der Waals surface area contributed by atoms with Crippen LogP contribution >= 0.6 is 57.5 Å². The Balaban J connectivity index is 1.23. The lowest BCUT2D eigenvalue weighted by molar-refractivity contribution is 0.414. The maximum atomic E-state index is 5.95. The molecule has 1 aliphatic rings. The van der Waals surface area contributed by atoms with E-state index in [-0.39, 0.29) is 0 Å². The Morgan fingerprint density at radius 3 is 1.54 bits per heavy atom. The first-order valence-corrected chi connectivity index (χ1v) is 25.3. The number of azo groups is 2. The topological polar surface area (TPSA) is 163 Å². The lowest BCUT2D eigenvalue weighted by Crippen LogP contribution is -2.22. The maximum Gasteiger partial charge on any atom is 0.233 e. The highest BCUT2D eigenvalue weighted by atomic mass is 32.2. The Hall–Kier alpha value is -5.02. The fourth-order valence-corrected chi connectivity index (χ4v) is 12.4. The average Bonchev–Trinajstić information content (AvgIpc) is 4.09. The Morgan fingerprint density at radius 1 is 0.651 bits per heavy atom. The Kier molecular flexibility index (Phi) is 14.3. The van der Waals surface area contributed by atoms with Crippen molar-refractivity contribution < 1.29 is 9.47 Å². The van der Waals surface area contributed by atoms with Crippen molar-refractivity contribution in [2.24, 2.45) is 20.5 Å². The first-order valence-electron chi connectivity index (χ1n) is 21.1. The van der Waals surface area contributed by atoms with E-state index in [2.05, 4.69) is 81.5 Å². The van der Waals surface area contributed by atoms with Gasteiger partial charge < -0.3 is 29.9 Å². The molecule has 2 aromatic carbocycles. The van der Waals surface area contributed by atoms with Crippen LogP contribution in [0.25, 0.3) is 20.4 Å². The van der Waals surface area contributed by atoms with Crippen LogP contribution in [-0.4, -0.2) is 69.3 Å². The first-order chi connectivity index (χ1) is 30.7. The lowest BCUT2D eigenvalue weighted by Gasteiger charge is -2.25. The van der Waals surface area contributed by atoms with Crippen molar-refractivity contribution in [1.82, 2.24) is 23.7 Å². The number of thiophene rings is 2. The average molecular weight is 942 g/mol. The number of methoxy groups -OCH3 is 2. The maximum absolute atomic E-state index is 5.95. The van der Waals surface area contributed by atoms with E-state index in [9.17, 15) is 0 Å². The quantitative estimate of drug-likeness (QED) is 0.0784. The van der Waals surface area contributed by atoms with Crippen molar-refractivity contribution in [3.05, 3.63) is 46.2 Å². The zero-order valence-electron chi connectivity index (χ0n) is 36.7. The molecule has 0 radical (unpaired) electrons. The zero-order valence-corrected chi connectivity index (χ0v) is 40.8. The molecule has 5 heterocycles. The number of benzene rings is 2. The second-order valence-corrected chi connectivity index (χ2v) is 19.4. The molecule has 7 aromatic rings. The number of hydrogen-bond acceptors (Lipinski definition) is 20. The van der Waals surface area contributed by atoms with E-state index in [1.165, 1.54) is 42.3 Å². The second kappa shape index (κ2) is 20.2. The van der Waals surface area contributed by atoms with Crippen molar-refractivity contribution in [3.63, 3.8) is 0 Å². The highest BCUT2D eigenvalue weighted by Crippen LogP contribution is 2.45. The summed E-state index contributed by atoms with van der Waals surface area (Å²) in [5, 5.41) is 35.0. The number of nitrogens with one attached hydrogen (secondary N) is 2.